The number of hydrogen-bond donors (Lipinski definition) is 2. The lowest BCUT2D eigenvalue weighted by molar-refractivity contribution is 0.0688. The van der Waals surface area contributed by atoms with E-state index in [1.165, 1.54) is 4.90 Å². The van der Waals surface area contributed by atoms with Gasteiger partial charge in [-0.2, -0.15) is 5.10 Å². The van der Waals surface area contributed by atoms with Gasteiger partial charge in [0, 0.05) is 51.1 Å². The summed E-state index contributed by atoms with van der Waals surface area (Å²) in [5, 5.41) is 15.8. The van der Waals surface area contributed by atoms with Crippen molar-refractivity contribution in [2.75, 3.05) is 25.5 Å². The molecule has 2 aromatic rings. The average Bonchev–Trinajstić information content (AvgIpc) is 2.97. The number of H-pyrrole nitrogens is 1. The maximum absolute atomic E-state index is 11.9. The Balaban J connectivity index is 1.82. The lowest BCUT2D eigenvalue weighted by atomic mass is 10.1. The van der Waals surface area contributed by atoms with E-state index in [0.717, 1.165) is 5.69 Å². The molecule has 0 atom stereocenters. The summed E-state index contributed by atoms with van der Waals surface area (Å²) in [4.78, 5) is 30.9. The fourth-order valence-electron chi connectivity index (χ4n) is 2.63. The normalized spacial score (nSPS) is 13.6. The second-order valence-electron chi connectivity index (χ2n) is 5.61. The monoisotopic (exact) mass is 315 g/mol. The van der Waals surface area contributed by atoms with Gasteiger partial charge in [0.15, 0.2) is 5.69 Å². The van der Waals surface area contributed by atoms with Crippen LogP contribution in [0, 0.1) is 0 Å². The van der Waals surface area contributed by atoms with E-state index in [4.69, 9.17) is 0 Å². The molecule has 8 heteroatoms. The number of aromatic amines is 1. The van der Waals surface area contributed by atoms with E-state index in [0.29, 0.717) is 36.5 Å². The summed E-state index contributed by atoms with van der Waals surface area (Å²) >= 11 is 0. The molecule has 0 unspecified atom stereocenters. The SMILES string of the molecule is CN(C)C(=O)c1ccc(N2CCc3[nH]nc(C(=O)O)c3C2)nc1. The largest absolute Gasteiger partial charge is 0.476 e. The fraction of sp³-hybridized carbons (Fsp3) is 0.333. The van der Waals surface area contributed by atoms with Gasteiger partial charge in [-0.3, -0.25) is 9.89 Å². The Morgan fingerprint density at radius 3 is 2.74 bits per heavy atom. The predicted octanol–water partition coefficient (Wildman–Crippen LogP) is 0.767. The van der Waals surface area contributed by atoms with Gasteiger partial charge in [-0.15, -0.1) is 0 Å². The Kier molecular flexibility index (Phi) is 3.73. The summed E-state index contributed by atoms with van der Waals surface area (Å²) < 4.78 is 0. The van der Waals surface area contributed by atoms with Crippen molar-refractivity contribution in [1.29, 1.82) is 0 Å². The molecule has 2 aromatic heterocycles. The molecule has 120 valence electrons. The van der Waals surface area contributed by atoms with Crippen molar-refractivity contribution in [3.8, 4) is 0 Å². The van der Waals surface area contributed by atoms with Gasteiger partial charge in [0.1, 0.15) is 5.82 Å². The number of pyridine rings is 1. The first-order valence-corrected chi connectivity index (χ1v) is 7.19. The maximum atomic E-state index is 11.9. The first kappa shape index (κ1) is 15.0. The van der Waals surface area contributed by atoms with Crippen LogP contribution in [0.15, 0.2) is 18.3 Å². The van der Waals surface area contributed by atoms with Gasteiger partial charge in [-0.25, -0.2) is 9.78 Å². The number of nitrogens with zero attached hydrogens (tertiary/aromatic N) is 4. The number of amides is 1. The number of nitrogens with one attached hydrogen (secondary N) is 1. The maximum Gasteiger partial charge on any atom is 0.356 e. The average molecular weight is 315 g/mol. The molecule has 3 rings (SSSR count). The van der Waals surface area contributed by atoms with Gasteiger partial charge in [0.2, 0.25) is 0 Å². The number of carbonyl (C=O) groups excluding carboxylic acids is 1. The quantitative estimate of drug-likeness (QED) is 0.867. The van der Waals surface area contributed by atoms with Crippen molar-refractivity contribution in [3.05, 3.63) is 40.8 Å². The number of hydrogen-bond acceptors (Lipinski definition) is 5. The molecule has 0 spiro atoms. The van der Waals surface area contributed by atoms with E-state index < -0.39 is 5.97 Å². The zero-order valence-corrected chi connectivity index (χ0v) is 12.9. The number of fused-ring (bicyclic) bond motifs is 1. The Hall–Kier alpha value is -2.90. The summed E-state index contributed by atoms with van der Waals surface area (Å²) in [6.45, 7) is 1.14. The molecule has 2 N–H and O–H groups in total. The van der Waals surface area contributed by atoms with E-state index in [1.54, 1.807) is 32.4 Å². The predicted molar refractivity (Wildman–Crippen MR) is 82.6 cm³/mol. The third kappa shape index (κ3) is 2.75. The molecule has 8 nitrogen and oxygen atoms in total. The van der Waals surface area contributed by atoms with Crippen molar-refractivity contribution in [2.45, 2.75) is 13.0 Å². The highest BCUT2D eigenvalue weighted by molar-refractivity contribution is 5.93. The van der Waals surface area contributed by atoms with Crippen molar-refractivity contribution >= 4 is 17.7 Å². The van der Waals surface area contributed by atoms with Crippen LogP contribution in [-0.2, 0) is 13.0 Å². The minimum Gasteiger partial charge on any atom is -0.476 e. The van der Waals surface area contributed by atoms with Crippen molar-refractivity contribution in [3.63, 3.8) is 0 Å². The molecule has 1 aliphatic rings. The first-order valence-electron chi connectivity index (χ1n) is 7.19. The van der Waals surface area contributed by atoms with Crippen LogP contribution in [-0.4, -0.2) is 57.7 Å². The lowest BCUT2D eigenvalue weighted by Crippen LogP contribution is -2.31. The Morgan fingerprint density at radius 2 is 2.13 bits per heavy atom. The molecule has 0 saturated heterocycles. The second-order valence-corrected chi connectivity index (χ2v) is 5.61. The Labute approximate surface area is 132 Å². The molecule has 0 fully saturated rings. The molecule has 3 heterocycles. The third-order valence-corrected chi connectivity index (χ3v) is 3.86. The molecule has 0 bridgehead atoms. The zero-order chi connectivity index (χ0) is 16.6. The topological polar surface area (TPSA) is 102 Å². The van der Waals surface area contributed by atoms with Crippen LogP contribution in [0.1, 0.15) is 32.1 Å². The molecule has 1 amide bonds. The van der Waals surface area contributed by atoms with Crippen LogP contribution in [0.5, 0.6) is 0 Å². The van der Waals surface area contributed by atoms with Gasteiger partial charge in [0.25, 0.3) is 5.91 Å². The number of carboxylic acid groups (broad SMARTS) is 1. The molecule has 23 heavy (non-hydrogen) atoms. The van der Waals surface area contributed by atoms with Gasteiger partial charge in [0.05, 0.1) is 5.56 Å². The van der Waals surface area contributed by atoms with E-state index >= 15 is 0 Å². The molecule has 0 aliphatic carbocycles. The number of carbonyl (C=O) groups is 2. The highest BCUT2D eigenvalue weighted by atomic mass is 16.4. The van der Waals surface area contributed by atoms with Gasteiger partial charge in [-0.05, 0) is 12.1 Å². The van der Waals surface area contributed by atoms with Crippen LogP contribution in [0.3, 0.4) is 0 Å². The second kappa shape index (κ2) is 5.71. The minimum absolute atomic E-state index is 0.0594. The minimum atomic E-state index is -1.04. The zero-order valence-electron chi connectivity index (χ0n) is 12.9. The van der Waals surface area contributed by atoms with Crippen LogP contribution in [0.2, 0.25) is 0 Å². The van der Waals surface area contributed by atoms with Crippen LogP contribution in [0.4, 0.5) is 5.82 Å². The fourth-order valence-corrected chi connectivity index (χ4v) is 2.63. The standard InChI is InChI=1S/C15H17N5O3/c1-19(2)14(21)9-3-4-12(16-7-9)20-6-5-11-10(8-20)13(15(22)23)18-17-11/h3-4,7H,5-6,8H2,1-2H3,(H,17,18)(H,22,23). The first-order chi connectivity index (χ1) is 11.0. The smallest absolute Gasteiger partial charge is 0.356 e. The molecule has 0 saturated carbocycles. The summed E-state index contributed by atoms with van der Waals surface area (Å²) in [5.74, 6) is -0.430. The summed E-state index contributed by atoms with van der Waals surface area (Å²) in [6, 6.07) is 3.51. The molecular formula is C15H17N5O3. The van der Waals surface area contributed by atoms with Gasteiger partial charge in [-0.1, -0.05) is 0 Å². The van der Waals surface area contributed by atoms with E-state index in [-0.39, 0.29) is 11.6 Å². The Morgan fingerprint density at radius 1 is 1.35 bits per heavy atom. The molecular weight excluding hydrogens is 298 g/mol. The number of rotatable bonds is 3. The molecule has 0 radical (unpaired) electrons. The van der Waals surface area contributed by atoms with Crippen LogP contribution < -0.4 is 4.90 Å². The highest BCUT2D eigenvalue weighted by Crippen LogP contribution is 2.24. The van der Waals surface area contributed by atoms with E-state index in [2.05, 4.69) is 15.2 Å². The van der Waals surface area contributed by atoms with Crippen molar-refractivity contribution in [1.82, 2.24) is 20.1 Å². The van der Waals surface area contributed by atoms with Crippen LogP contribution >= 0.6 is 0 Å². The summed E-state index contributed by atoms with van der Waals surface area (Å²) in [5.41, 5.74) is 2.13. The number of carboxylic acids is 1. The van der Waals surface area contributed by atoms with E-state index in [9.17, 15) is 14.7 Å². The third-order valence-electron chi connectivity index (χ3n) is 3.86. The molecule has 1 aliphatic heterocycles. The summed E-state index contributed by atoms with van der Waals surface area (Å²) in [7, 11) is 3.38. The number of anilines is 1. The van der Waals surface area contributed by atoms with Crippen molar-refractivity contribution < 1.29 is 14.7 Å². The number of aromatic nitrogens is 3. The Bertz CT molecular complexity index is 751. The van der Waals surface area contributed by atoms with Gasteiger partial charge >= 0.3 is 5.97 Å². The van der Waals surface area contributed by atoms with Gasteiger partial charge < -0.3 is 14.9 Å². The van der Waals surface area contributed by atoms with E-state index in [1.807, 2.05) is 4.90 Å². The summed E-state index contributed by atoms with van der Waals surface area (Å²) in [6.07, 6.45) is 2.22. The van der Waals surface area contributed by atoms with Crippen LogP contribution in [0.25, 0.3) is 0 Å². The number of aromatic carboxylic acids is 1. The highest BCUT2D eigenvalue weighted by Gasteiger charge is 2.25. The lowest BCUT2D eigenvalue weighted by Gasteiger charge is -2.28. The molecule has 0 aromatic carbocycles. The van der Waals surface area contributed by atoms with Crippen molar-refractivity contribution in [2.24, 2.45) is 0 Å².